The number of aryl methyl sites for hydroxylation is 1. The Kier molecular flexibility index (Phi) is 4.51. The molecule has 0 fully saturated rings. The van der Waals surface area contributed by atoms with E-state index in [9.17, 15) is 9.18 Å². The SMILES string of the molecule is CCOC(=O)C(c1ccc(C)cc1)c1cccc(F)c1. The first-order valence-electron chi connectivity index (χ1n) is 6.60. The second kappa shape index (κ2) is 6.33. The van der Waals surface area contributed by atoms with Crippen molar-refractivity contribution in [3.8, 4) is 0 Å². The van der Waals surface area contributed by atoms with Gasteiger partial charge in [-0.15, -0.1) is 0 Å². The van der Waals surface area contributed by atoms with E-state index in [0.29, 0.717) is 12.2 Å². The van der Waals surface area contributed by atoms with Crippen LogP contribution in [0.4, 0.5) is 4.39 Å². The van der Waals surface area contributed by atoms with Crippen molar-refractivity contribution in [2.45, 2.75) is 19.8 Å². The number of hydrogen-bond acceptors (Lipinski definition) is 2. The zero-order chi connectivity index (χ0) is 14.5. The molecule has 0 saturated carbocycles. The number of carbonyl (C=O) groups is 1. The second-order valence-electron chi connectivity index (χ2n) is 4.65. The lowest BCUT2D eigenvalue weighted by atomic mass is 9.91. The fourth-order valence-corrected chi connectivity index (χ4v) is 2.14. The Bertz CT molecular complexity index is 590. The molecule has 1 unspecified atom stereocenters. The molecule has 0 aliphatic rings. The molecule has 0 aromatic heterocycles. The highest BCUT2D eigenvalue weighted by molar-refractivity contribution is 5.82. The number of hydrogen-bond donors (Lipinski definition) is 0. The lowest BCUT2D eigenvalue weighted by Crippen LogP contribution is -2.17. The summed E-state index contributed by atoms with van der Waals surface area (Å²) in [6.07, 6.45) is 0. The van der Waals surface area contributed by atoms with E-state index in [1.54, 1.807) is 19.1 Å². The van der Waals surface area contributed by atoms with Crippen LogP contribution >= 0.6 is 0 Å². The van der Waals surface area contributed by atoms with E-state index in [-0.39, 0.29) is 11.8 Å². The molecule has 0 amide bonds. The van der Waals surface area contributed by atoms with Crippen molar-refractivity contribution in [2.75, 3.05) is 6.61 Å². The average Bonchev–Trinajstić information content (AvgIpc) is 2.42. The smallest absolute Gasteiger partial charge is 0.317 e. The zero-order valence-electron chi connectivity index (χ0n) is 11.6. The van der Waals surface area contributed by atoms with Gasteiger partial charge >= 0.3 is 5.97 Å². The van der Waals surface area contributed by atoms with Crippen molar-refractivity contribution in [3.05, 3.63) is 71.0 Å². The summed E-state index contributed by atoms with van der Waals surface area (Å²) in [5, 5.41) is 0. The van der Waals surface area contributed by atoms with Gasteiger partial charge in [-0.05, 0) is 37.1 Å². The molecule has 0 N–H and O–H groups in total. The monoisotopic (exact) mass is 272 g/mol. The van der Waals surface area contributed by atoms with Crippen LogP contribution in [0.1, 0.15) is 29.5 Å². The van der Waals surface area contributed by atoms with Crippen molar-refractivity contribution < 1.29 is 13.9 Å². The lowest BCUT2D eigenvalue weighted by Gasteiger charge is -2.16. The molecule has 2 nitrogen and oxygen atoms in total. The third-order valence-electron chi connectivity index (χ3n) is 3.11. The molecule has 20 heavy (non-hydrogen) atoms. The van der Waals surface area contributed by atoms with E-state index in [1.807, 2.05) is 31.2 Å². The quantitative estimate of drug-likeness (QED) is 0.791. The van der Waals surface area contributed by atoms with Gasteiger partial charge in [0.05, 0.1) is 6.61 Å². The van der Waals surface area contributed by atoms with Gasteiger partial charge in [0.1, 0.15) is 11.7 Å². The molecule has 0 aliphatic heterocycles. The van der Waals surface area contributed by atoms with Crippen molar-refractivity contribution in [2.24, 2.45) is 0 Å². The zero-order valence-corrected chi connectivity index (χ0v) is 11.6. The Morgan fingerprint density at radius 3 is 2.45 bits per heavy atom. The predicted octanol–water partition coefficient (Wildman–Crippen LogP) is 3.83. The highest BCUT2D eigenvalue weighted by Gasteiger charge is 2.24. The first kappa shape index (κ1) is 14.3. The molecule has 1 atom stereocenters. The highest BCUT2D eigenvalue weighted by Crippen LogP contribution is 2.27. The maximum Gasteiger partial charge on any atom is 0.317 e. The largest absolute Gasteiger partial charge is 0.465 e. The van der Waals surface area contributed by atoms with Crippen molar-refractivity contribution >= 4 is 5.97 Å². The third kappa shape index (κ3) is 3.23. The first-order chi connectivity index (χ1) is 9.61. The molecule has 2 aromatic rings. The van der Waals surface area contributed by atoms with E-state index in [1.165, 1.54) is 12.1 Å². The third-order valence-corrected chi connectivity index (χ3v) is 3.11. The number of rotatable bonds is 4. The van der Waals surface area contributed by atoms with Crippen LogP contribution in [0.15, 0.2) is 48.5 Å². The van der Waals surface area contributed by atoms with Crippen LogP contribution in [-0.4, -0.2) is 12.6 Å². The van der Waals surface area contributed by atoms with Crippen LogP contribution < -0.4 is 0 Å². The number of halogens is 1. The van der Waals surface area contributed by atoms with E-state index in [0.717, 1.165) is 11.1 Å². The molecule has 0 radical (unpaired) electrons. The maximum atomic E-state index is 13.4. The fourth-order valence-electron chi connectivity index (χ4n) is 2.14. The van der Waals surface area contributed by atoms with E-state index < -0.39 is 5.92 Å². The number of carbonyl (C=O) groups excluding carboxylic acids is 1. The Morgan fingerprint density at radius 2 is 1.85 bits per heavy atom. The Hall–Kier alpha value is -2.16. The summed E-state index contributed by atoms with van der Waals surface area (Å²) in [5.41, 5.74) is 2.52. The van der Waals surface area contributed by atoms with Crippen molar-refractivity contribution in [1.82, 2.24) is 0 Å². The molecule has 0 aliphatic carbocycles. The second-order valence-corrected chi connectivity index (χ2v) is 4.65. The standard InChI is InChI=1S/C17H17FO2/c1-3-20-17(19)16(13-9-7-12(2)8-10-13)14-5-4-6-15(18)11-14/h4-11,16H,3H2,1-2H3. The topological polar surface area (TPSA) is 26.3 Å². The van der Waals surface area contributed by atoms with Gasteiger partial charge in [0.25, 0.3) is 0 Å². The summed E-state index contributed by atoms with van der Waals surface area (Å²) in [5.74, 6) is -1.31. The van der Waals surface area contributed by atoms with Crippen LogP contribution in [-0.2, 0) is 9.53 Å². The maximum absolute atomic E-state index is 13.4. The molecule has 2 rings (SSSR count). The Labute approximate surface area is 118 Å². The van der Waals surface area contributed by atoms with Gasteiger partial charge < -0.3 is 4.74 Å². The summed E-state index contributed by atoms with van der Waals surface area (Å²) in [6, 6.07) is 13.7. The van der Waals surface area contributed by atoms with Crippen molar-refractivity contribution in [1.29, 1.82) is 0 Å². The molecule has 0 bridgehead atoms. The van der Waals surface area contributed by atoms with Gasteiger partial charge in [0.15, 0.2) is 0 Å². The molecule has 0 saturated heterocycles. The minimum absolute atomic E-state index is 0.302. The number of esters is 1. The average molecular weight is 272 g/mol. The van der Waals surface area contributed by atoms with Gasteiger partial charge in [-0.25, -0.2) is 4.39 Å². The van der Waals surface area contributed by atoms with Gasteiger partial charge in [-0.3, -0.25) is 4.79 Å². The van der Waals surface area contributed by atoms with E-state index >= 15 is 0 Å². The van der Waals surface area contributed by atoms with Crippen LogP contribution in [0.3, 0.4) is 0 Å². The predicted molar refractivity (Wildman–Crippen MR) is 76.1 cm³/mol. The van der Waals surface area contributed by atoms with Crippen molar-refractivity contribution in [3.63, 3.8) is 0 Å². The fraction of sp³-hybridized carbons (Fsp3) is 0.235. The molecule has 0 heterocycles. The minimum Gasteiger partial charge on any atom is -0.465 e. The molecular formula is C17H17FO2. The Morgan fingerprint density at radius 1 is 1.15 bits per heavy atom. The summed E-state index contributed by atoms with van der Waals surface area (Å²) in [4.78, 5) is 12.2. The molecule has 3 heteroatoms. The summed E-state index contributed by atoms with van der Waals surface area (Å²) in [6.45, 7) is 4.04. The Balaban J connectivity index is 2.44. The van der Waals surface area contributed by atoms with E-state index in [2.05, 4.69) is 0 Å². The normalized spacial score (nSPS) is 11.9. The highest BCUT2D eigenvalue weighted by atomic mass is 19.1. The van der Waals surface area contributed by atoms with Gasteiger partial charge in [0, 0.05) is 0 Å². The van der Waals surface area contributed by atoms with Crippen LogP contribution in [0, 0.1) is 12.7 Å². The number of ether oxygens (including phenoxy) is 1. The minimum atomic E-state index is -0.591. The summed E-state index contributed by atoms with van der Waals surface area (Å²) < 4.78 is 18.5. The van der Waals surface area contributed by atoms with E-state index in [4.69, 9.17) is 4.74 Å². The molecule has 0 spiro atoms. The van der Waals surface area contributed by atoms with Crippen LogP contribution in [0.25, 0.3) is 0 Å². The number of benzene rings is 2. The van der Waals surface area contributed by atoms with Crippen LogP contribution in [0.5, 0.6) is 0 Å². The summed E-state index contributed by atoms with van der Waals surface area (Å²) in [7, 11) is 0. The molecule has 104 valence electrons. The van der Waals surface area contributed by atoms with Gasteiger partial charge in [-0.2, -0.15) is 0 Å². The first-order valence-corrected chi connectivity index (χ1v) is 6.60. The summed E-state index contributed by atoms with van der Waals surface area (Å²) >= 11 is 0. The lowest BCUT2D eigenvalue weighted by molar-refractivity contribution is -0.143. The van der Waals surface area contributed by atoms with Gasteiger partial charge in [0.2, 0.25) is 0 Å². The molecule has 2 aromatic carbocycles. The van der Waals surface area contributed by atoms with Crippen LogP contribution in [0.2, 0.25) is 0 Å². The molecular weight excluding hydrogens is 255 g/mol. The van der Waals surface area contributed by atoms with Gasteiger partial charge in [-0.1, -0.05) is 42.0 Å².